The molecule has 20 heavy (non-hydrogen) atoms. The molecule has 1 atom stereocenters. The first-order valence-corrected chi connectivity index (χ1v) is 6.98. The molecule has 3 N–H and O–H groups in total. The van der Waals surface area contributed by atoms with Gasteiger partial charge in [0.15, 0.2) is 11.5 Å². The van der Waals surface area contributed by atoms with Crippen LogP contribution in [0.25, 0.3) is 0 Å². The SMILES string of the molecule is Cc1c(O)c(O)cc2c1CCNCC2c1ccccc1. The molecule has 0 spiro atoms. The van der Waals surface area contributed by atoms with Gasteiger partial charge in [-0.25, -0.2) is 0 Å². The second-order valence-electron chi connectivity index (χ2n) is 5.35. The monoisotopic (exact) mass is 269 g/mol. The van der Waals surface area contributed by atoms with Crippen LogP contribution in [-0.2, 0) is 6.42 Å². The largest absolute Gasteiger partial charge is 0.504 e. The minimum absolute atomic E-state index is 0.0115. The standard InChI is InChI=1S/C17H19NO2/c1-11-13-7-8-18-10-15(12-5-3-2-4-6-12)14(13)9-16(19)17(11)20/h2-6,9,15,18-20H,7-8,10H2,1H3. The van der Waals surface area contributed by atoms with Gasteiger partial charge in [0.25, 0.3) is 0 Å². The van der Waals surface area contributed by atoms with E-state index in [9.17, 15) is 10.2 Å². The van der Waals surface area contributed by atoms with Crippen molar-refractivity contribution in [2.45, 2.75) is 19.3 Å². The summed E-state index contributed by atoms with van der Waals surface area (Å²) in [5.41, 5.74) is 4.30. The number of hydrogen-bond donors (Lipinski definition) is 3. The number of aromatic hydroxyl groups is 2. The second-order valence-corrected chi connectivity index (χ2v) is 5.35. The first-order valence-electron chi connectivity index (χ1n) is 6.98. The summed E-state index contributed by atoms with van der Waals surface area (Å²) in [7, 11) is 0. The Balaban J connectivity index is 2.17. The van der Waals surface area contributed by atoms with Crippen LogP contribution in [0.2, 0.25) is 0 Å². The molecule has 0 amide bonds. The Kier molecular flexibility index (Phi) is 3.36. The van der Waals surface area contributed by atoms with E-state index >= 15 is 0 Å². The highest BCUT2D eigenvalue weighted by Crippen LogP contribution is 2.39. The van der Waals surface area contributed by atoms with E-state index < -0.39 is 0 Å². The summed E-state index contributed by atoms with van der Waals surface area (Å²) < 4.78 is 0. The van der Waals surface area contributed by atoms with Gasteiger partial charge in [-0.3, -0.25) is 0 Å². The Morgan fingerprint density at radius 1 is 1.15 bits per heavy atom. The van der Waals surface area contributed by atoms with Gasteiger partial charge in [0.2, 0.25) is 0 Å². The van der Waals surface area contributed by atoms with Crippen molar-refractivity contribution in [2.24, 2.45) is 0 Å². The van der Waals surface area contributed by atoms with Gasteiger partial charge in [0.05, 0.1) is 0 Å². The van der Waals surface area contributed by atoms with E-state index in [1.54, 1.807) is 6.07 Å². The highest BCUT2D eigenvalue weighted by Gasteiger charge is 2.24. The zero-order valence-electron chi connectivity index (χ0n) is 11.6. The Hall–Kier alpha value is -2.00. The summed E-state index contributed by atoms with van der Waals surface area (Å²) in [5, 5.41) is 23.3. The molecule has 3 rings (SSSR count). The van der Waals surface area contributed by atoms with E-state index in [1.165, 1.54) is 5.56 Å². The van der Waals surface area contributed by atoms with Gasteiger partial charge in [0.1, 0.15) is 0 Å². The molecule has 2 aromatic rings. The van der Waals surface area contributed by atoms with E-state index in [2.05, 4.69) is 17.4 Å². The molecule has 3 nitrogen and oxygen atoms in total. The van der Waals surface area contributed by atoms with Gasteiger partial charge in [-0.15, -0.1) is 0 Å². The van der Waals surface area contributed by atoms with Crippen LogP contribution in [0.4, 0.5) is 0 Å². The molecule has 0 bridgehead atoms. The maximum Gasteiger partial charge on any atom is 0.160 e. The van der Waals surface area contributed by atoms with Crippen molar-refractivity contribution in [1.82, 2.24) is 5.32 Å². The minimum Gasteiger partial charge on any atom is -0.504 e. The molecule has 2 aromatic carbocycles. The lowest BCUT2D eigenvalue weighted by molar-refractivity contribution is 0.399. The fourth-order valence-corrected chi connectivity index (χ4v) is 3.05. The lowest BCUT2D eigenvalue weighted by Gasteiger charge is -2.20. The summed E-state index contributed by atoms with van der Waals surface area (Å²) in [5.74, 6) is 0.195. The van der Waals surface area contributed by atoms with Crippen molar-refractivity contribution >= 4 is 0 Å². The summed E-state index contributed by atoms with van der Waals surface area (Å²) in [6, 6.07) is 12.0. The lowest BCUT2D eigenvalue weighted by atomic mass is 9.86. The Bertz CT molecular complexity index is 623. The molecular formula is C17H19NO2. The topological polar surface area (TPSA) is 52.5 Å². The van der Waals surface area contributed by atoms with Crippen molar-refractivity contribution in [3.05, 3.63) is 58.7 Å². The molecule has 0 radical (unpaired) electrons. The summed E-state index contributed by atoms with van der Waals surface area (Å²) >= 11 is 0. The van der Waals surface area contributed by atoms with Crippen molar-refractivity contribution in [3.8, 4) is 11.5 Å². The summed E-state index contributed by atoms with van der Waals surface area (Å²) in [6.07, 6.45) is 0.873. The van der Waals surface area contributed by atoms with Crippen LogP contribution < -0.4 is 5.32 Å². The van der Waals surface area contributed by atoms with Crippen LogP contribution >= 0.6 is 0 Å². The minimum atomic E-state index is -0.0240. The lowest BCUT2D eigenvalue weighted by Crippen LogP contribution is -2.20. The zero-order valence-corrected chi connectivity index (χ0v) is 11.6. The molecule has 1 aliphatic rings. The Morgan fingerprint density at radius 3 is 2.65 bits per heavy atom. The molecule has 0 saturated heterocycles. The van der Waals surface area contributed by atoms with Crippen LogP contribution in [0.15, 0.2) is 36.4 Å². The average Bonchev–Trinajstić information content (AvgIpc) is 2.68. The molecule has 1 aliphatic heterocycles. The van der Waals surface area contributed by atoms with Gasteiger partial charge >= 0.3 is 0 Å². The summed E-state index contributed by atoms with van der Waals surface area (Å²) in [4.78, 5) is 0. The van der Waals surface area contributed by atoms with Gasteiger partial charge in [-0.2, -0.15) is 0 Å². The van der Waals surface area contributed by atoms with Crippen LogP contribution in [0, 0.1) is 6.92 Å². The number of benzene rings is 2. The highest BCUT2D eigenvalue weighted by atomic mass is 16.3. The van der Waals surface area contributed by atoms with Crippen LogP contribution in [-0.4, -0.2) is 23.3 Å². The average molecular weight is 269 g/mol. The number of hydrogen-bond acceptors (Lipinski definition) is 3. The van der Waals surface area contributed by atoms with E-state index in [-0.39, 0.29) is 17.4 Å². The molecule has 1 unspecified atom stereocenters. The third-order valence-corrected chi connectivity index (χ3v) is 4.17. The smallest absolute Gasteiger partial charge is 0.160 e. The predicted molar refractivity (Wildman–Crippen MR) is 79.4 cm³/mol. The van der Waals surface area contributed by atoms with Gasteiger partial charge in [0, 0.05) is 12.5 Å². The molecule has 1 heterocycles. The third-order valence-electron chi connectivity index (χ3n) is 4.17. The maximum atomic E-state index is 9.94. The Morgan fingerprint density at radius 2 is 1.90 bits per heavy atom. The fourth-order valence-electron chi connectivity index (χ4n) is 3.05. The molecule has 0 fully saturated rings. The maximum absolute atomic E-state index is 9.94. The van der Waals surface area contributed by atoms with Crippen molar-refractivity contribution in [2.75, 3.05) is 13.1 Å². The number of fused-ring (bicyclic) bond motifs is 1. The van der Waals surface area contributed by atoms with Gasteiger partial charge < -0.3 is 15.5 Å². The highest BCUT2D eigenvalue weighted by molar-refractivity contribution is 5.55. The number of phenolic OH excluding ortho intramolecular Hbond substituents is 2. The summed E-state index contributed by atoms with van der Waals surface area (Å²) in [6.45, 7) is 3.61. The molecule has 0 aromatic heterocycles. The molecule has 0 saturated carbocycles. The number of phenols is 2. The zero-order chi connectivity index (χ0) is 14.1. The van der Waals surface area contributed by atoms with Crippen molar-refractivity contribution < 1.29 is 10.2 Å². The first-order chi connectivity index (χ1) is 9.68. The molecule has 3 heteroatoms. The molecule has 104 valence electrons. The fraction of sp³-hybridized carbons (Fsp3) is 0.294. The van der Waals surface area contributed by atoms with Crippen LogP contribution in [0.5, 0.6) is 11.5 Å². The van der Waals surface area contributed by atoms with Crippen LogP contribution in [0.3, 0.4) is 0 Å². The number of rotatable bonds is 1. The van der Waals surface area contributed by atoms with E-state index in [0.29, 0.717) is 0 Å². The van der Waals surface area contributed by atoms with Crippen molar-refractivity contribution in [1.29, 1.82) is 0 Å². The number of nitrogens with one attached hydrogen (secondary N) is 1. The first kappa shape index (κ1) is 13.0. The van der Waals surface area contributed by atoms with E-state index in [0.717, 1.165) is 36.2 Å². The second kappa shape index (κ2) is 5.17. The van der Waals surface area contributed by atoms with Crippen LogP contribution in [0.1, 0.15) is 28.2 Å². The van der Waals surface area contributed by atoms with E-state index in [4.69, 9.17) is 0 Å². The molecule has 0 aliphatic carbocycles. The van der Waals surface area contributed by atoms with Gasteiger partial charge in [-0.05, 0) is 48.2 Å². The van der Waals surface area contributed by atoms with E-state index in [1.807, 2.05) is 25.1 Å². The Labute approximate surface area is 118 Å². The predicted octanol–water partition coefficient (Wildman–Crippen LogP) is 2.68. The molecular weight excluding hydrogens is 250 g/mol. The van der Waals surface area contributed by atoms with Gasteiger partial charge in [-0.1, -0.05) is 30.3 Å². The normalized spacial score (nSPS) is 18.4. The quantitative estimate of drug-likeness (QED) is 0.698. The van der Waals surface area contributed by atoms with Crippen molar-refractivity contribution in [3.63, 3.8) is 0 Å². The third kappa shape index (κ3) is 2.14.